The van der Waals surface area contributed by atoms with Crippen LogP contribution < -0.4 is 22.1 Å². The molecule has 1 unspecified atom stereocenters. The molecule has 0 saturated carbocycles. The summed E-state index contributed by atoms with van der Waals surface area (Å²) in [5.41, 5.74) is 13.4. The highest BCUT2D eigenvalue weighted by Gasteiger charge is 2.24. The van der Waals surface area contributed by atoms with Gasteiger partial charge in [0.15, 0.2) is 17.3 Å². The lowest BCUT2D eigenvalue weighted by Gasteiger charge is -2.36. The van der Waals surface area contributed by atoms with Crippen LogP contribution in [0.2, 0.25) is 0 Å². The lowest BCUT2D eigenvalue weighted by atomic mass is 9.98. The predicted molar refractivity (Wildman–Crippen MR) is 160 cm³/mol. The van der Waals surface area contributed by atoms with E-state index in [4.69, 9.17) is 25.5 Å². The first kappa shape index (κ1) is 28.5. The van der Waals surface area contributed by atoms with E-state index in [-0.39, 0.29) is 11.8 Å². The molecule has 5 rings (SSSR count). The Kier molecular flexibility index (Phi) is 8.25. The minimum atomic E-state index is -0.282. The topological polar surface area (TPSA) is 129 Å². The van der Waals surface area contributed by atoms with Crippen LogP contribution in [0.1, 0.15) is 38.3 Å². The van der Waals surface area contributed by atoms with Crippen molar-refractivity contribution in [2.45, 2.75) is 59.2 Å². The Morgan fingerprint density at radius 3 is 2.41 bits per heavy atom. The summed E-state index contributed by atoms with van der Waals surface area (Å²) < 4.78 is 7.56. The summed E-state index contributed by atoms with van der Waals surface area (Å²) in [6.45, 7) is 14.2. The van der Waals surface area contributed by atoms with Crippen molar-refractivity contribution in [3.05, 3.63) is 53.6 Å². The lowest BCUT2D eigenvalue weighted by Crippen LogP contribution is -2.49. The van der Waals surface area contributed by atoms with Gasteiger partial charge in [-0.05, 0) is 76.4 Å². The quantitative estimate of drug-likeness (QED) is 0.300. The minimum Gasteiger partial charge on any atom is -0.382 e. The number of methoxy groups -OCH3 is 1. The first-order chi connectivity index (χ1) is 18.2. The van der Waals surface area contributed by atoms with Crippen LogP contribution >= 0.6 is 0 Å². The highest BCUT2D eigenvalue weighted by molar-refractivity contribution is 6.00. The largest absolute Gasteiger partial charge is 0.382 e. The third-order valence-electron chi connectivity index (χ3n) is 7.77. The molecule has 4 aromatic rings. The van der Waals surface area contributed by atoms with E-state index in [1.54, 1.807) is 7.11 Å². The number of ether oxygens (including phenoxy) is 1. The third-order valence-corrected chi connectivity index (χ3v) is 7.77. The molecule has 39 heavy (non-hydrogen) atoms. The summed E-state index contributed by atoms with van der Waals surface area (Å²) in [6, 6.07) is 15.3. The number of aryl methyl sites for hydroxylation is 3. The van der Waals surface area contributed by atoms with Crippen molar-refractivity contribution >= 4 is 22.5 Å². The molecular weight excluding hydrogens is 488 g/mol. The van der Waals surface area contributed by atoms with E-state index in [0.717, 1.165) is 65.0 Å². The van der Waals surface area contributed by atoms with Gasteiger partial charge in [0.05, 0.1) is 16.7 Å². The zero-order chi connectivity index (χ0) is 27.0. The number of fused-ring (bicyclic) bond motifs is 1. The summed E-state index contributed by atoms with van der Waals surface area (Å²) in [4.78, 5) is 12.6. The molecular formula is C30H42N8O. The van der Waals surface area contributed by atoms with Gasteiger partial charge in [-0.25, -0.2) is 14.6 Å². The van der Waals surface area contributed by atoms with E-state index in [0.29, 0.717) is 24.2 Å². The van der Waals surface area contributed by atoms with Crippen molar-refractivity contribution in [1.82, 2.24) is 31.2 Å². The number of piperazine rings is 1. The van der Waals surface area contributed by atoms with Crippen molar-refractivity contribution in [2.24, 2.45) is 0 Å². The average molecular weight is 531 g/mol. The van der Waals surface area contributed by atoms with Gasteiger partial charge in [-0.2, -0.15) is 5.10 Å². The van der Waals surface area contributed by atoms with Gasteiger partial charge in [-0.1, -0.05) is 18.2 Å². The van der Waals surface area contributed by atoms with Gasteiger partial charge >= 0.3 is 0 Å². The number of nitrogen functional groups attached to an aromatic ring is 1. The third kappa shape index (κ3) is 5.61. The second kappa shape index (κ2) is 11.3. The van der Waals surface area contributed by atoms with E-state index in [1.807, 2.05) is 4.68 Å². The van der Waals surface area contributed by atoms with E-state index >= 15 is 0 Å². The van der Waals surface area contributed by atoms with E-state index in [9.17, 15) is 0 Å². The molecule has 0 amide bonds. The first-order valence-corrected chi connectivity index (χ1v) is 13.4. The molecule has 1 atom stereocenters. The molecule has 9 heteroatoms. The molecule has 0 bridgehead atoms. The summed E-state index contributed by atoms with van der Waals surface area (Å²) in [5.74, 6) is 1.12. The molecule has 0 radical (unpaired) electrons. The van der Waals surface area contributed by atoms with E-state index in [1.165, 1.54) is 5.69 Å². The van der Waals surface area contributed by atoms with Gasteiger partial charge in [-0.3, -0.25) is 0 Å². The van der Waals surface area contributed by atoms with E-state index < -0.39 is 0 Å². The first-order valence-electron chi connectivity index (χ1n) is 13.4. The maximum Gasteiger partial charge on any atom is 0.164 e. The number of aromatic nitrogens is 4. The Bertz CT molecular complexity index is 1420. The maximum atomic E-state index is 6.54. The summed E-state index contributed by atoms with van der Waals surface area (Å²) in [7, 11) is 1.74. The summed E-state index contributed by atoms with van der Waals surface area (Å²) >= 11 is 0. The number of rotatable bonds is 7. The standard InChI is InChI=1S/C30H39N7O.H3N/c1-19-8-7-9-20(2)24(19)26-25-27(31)35-37(16-14-30(4,5)38-6)29(25)34-28(33-26)22-10-12-23(13-11-22)36-17-15-32-18-21(36)3;/h7-13,21,32H,14-18H2,1-6H3,(H2,31,35);1H3. The van der Waals surface area contributed by atoms with Gasteiger partial charge in [0.1, 0.15) is 0 Å². The molecule has 2 aromatic carbocycles. The van der Waals surface area contributed by atoms with Crippen LogP contribution in [0, 0.1) is 13.8 Å². The average Bonchev–Trinajstić information content (AvgIpc) is 3.23. The van der Waals surface area contributed by atoms with Crippen molar-refractivity contribution in [3.8, 4) is 22.6 Å². The van der Waals surface area contributed by atoms with Crippen LogP contribution in [-0.2, 0) is 11.3 Å². The highest BCUT2D eigenvalue weighted by atomic mass is 16.5. The molecule has 1 aliphatic heterocycles. The normalized spacial score (nSPS) is 15.9. The Morgan fingerprint density at radius 2 is 1.77 bits per heavy atom. The molecule has 208 valence electrons. The van der Waals surface area contributed by atoms with Gasteiger partial charge in [0, 0.05) is 56.1 Å². The van der Waals surface area contributed by atoms with E-state index in [2.05, 4.69) is 87.3 Å². The Balaban J connectivity index is 0.00000353. The van der Waals surface area contributed by atoms with Crippen molar-refractivity contribution in [2.75, 3.05) is 37.4 Å². The SMILES string of the molecule is COC(C)(C)CCn1nc(N)c2c(-c3c(C)cccc3C)nc(-c3ccc(N4CCNCC4C)cc3)nc21.N. The van der Waals surface area contributed by atoms with Gasteiger partial charge in [0.2, 0.25) is 0 Å². The van der Waals surface area contributed by atoms with Crippen LogP contribution in [0.5, 0.6) is 0 Å². The molecule has 0 spiro atoms. The van der Waals surface area contributed by atoms with Crippen molar-refractivity contribution < 1.29 is 4.74 Å². The Hall–Kier alpha value is -3.53. The second-order valence-corrected chi connectivity index (χ2v) is 11.0. The molecule has 0 aliphatic carbocycles. The molecule has 9 nitrogen and oxygen atoms in total. The second-order valence-electron chi connectivity index (χ2n) is 11.0. The zero-order valence-electron chi connectivity index (χ0n) is 24.1. The number of nitrogens with one attached hydrogen (secondary N) is 1. The maximum absolute atomic E-state index is 6.54. The van der Waals surface area contributed by atoms with Gasteiger partial charge < -0.3 is 26.8 Å². The number of nitrogens with zero attached hydrogens (tertiary/aromatic N) is 5. The Morgan fingerprint density at radius 1 is 1.08 bits per heavy atom. The molecule has 1 fully saturated rings. The van der Waals surface area contributed by atoms with Crippen LogP contribution in [0.25, 0.3) is 33.7 Å². The van der Waals surface area contributed by atoms with Crippen molar-refractivity contribution in [3.63, 3.8) is 0 Å². The molecule has 2 aromatic heterocycles. The predicted octanol–water partition coefficient (Wildman–Crippen LogP) is 5.13. The number of hydrogen-bond donors (Lipinski definition) is 3. The minimum absolute atomic E-state index is 0. The fraction of sp³-hybridized carbons (Fsp3) is 0.433. The smallest absolute Gasteiger partial charge is 0.164 e. The number of hydrogen-bond acceptors (Lipinski definition) is 8. The highest BCUT2D eigenvalue weighted by Crippen LogP contribution is 2.36. The van der Waals surface area contributed by atoms with Crippen LogP contribution in [0.15, 0.2) is 42.5 Å². The Labute approximate surface area is 231 Å². The van der Waals surface area contributed by atoms with Crippen LogP contribution in [0.4, 0.5) is 11.5 Å². The monoisotopic (exact) mass is 530 g/mol. The lowest BCUT2D eigenvalue weighted by molar-refractivity contribution is 0.0116. The van der Waals surface area contributed by atoms with Gasteiger partial charge in [-0.15, -0.1) is 0 Å². The molecule has 1 aliphatic rings. The molecule has 6 N–H and O–H groups in total. The summed E-state index contributed by atoms with van der Waals surface area (Å²) in [5, 5.41) is 8.98. The number of nitrogens with two attached hydrogens (primary N) is 1. The van der Waals surface area contributed by atoms with Crippen molar-refractivity contribution in [1.29, 1.82) is 0 Å². The van der Waals surface area contributed by atoms with Crippen LogP contribution in [0.3, 0.4) is 0 Å². The zero-order valence-corrected chi connectivity index (χ0v) is 24.1. The molecule has 1 saturated heterocycles. The van der Waals surface area contributed by atoms with Crippen LogP contribution in [-0.4, -0.2) is 58.1 Å². The fourth-order valence-corrected chi connectivity index (χ4v) is 5.26. The number of benzene rings is 2. The summed E-state index contributed by atoms with van der Waals surface area (Å²) in [6.07, 6.45) is 0.773. The number of anilines is 2. The molecule has 3 heterocycles. The van der Waals surface area contributed by atoms with Gasteiger partial charge in [0.25, 0.3) is 0 Å². The fourth-order valence-electron chi connectivity index (χ4n) is 5.26.